The number of carbonyl (C=O) groups excluding carboxylic acids is 1. The number of urea groups is 1. The van der Waals surface area contributed by atoms with Gasteiger partial charge in [-0.05, 0) is 32.7 Å². The number of likely N-dealkylation sites (N-methyl/N-ethyl adjacent to an activating group) is 1. The second kappa shape index (κ2) is 8.50. The largest absolute Gasteiger partial charge is 0.376 e. The van der Waals surface area contributed by atoms with Crippen LogP contribution in [0.25, 0.3) is 0 Å². The highest BCUT2D eigenvalue weighted by atomic mass is 16.5. The summed E-state index contributed by atoms with van der Waals surface area (Å²) >= 11 is 0. The number of aromatic amines is 1. The Morgan fingerprint density at radius 2 is 2.35 bits per heavy atom. The van der Waals surface area contributed by atoms with Crippen LogP contribution in [0.15, 0.2) is 10.9 Å². The maximum Gasteiger partial charge on any atom is 0.317 e. The van der Waals surface area contributed by atoms with E-state index in [4.69, 9.17) is 10.5 Å². The van der Waals surface area contributed by atoms with Crippen molar-refractivity contribution in [1.82, 2.24) is 25.1 Å². The van der Waals surface area contributed by atoms with E-state index < -0.39 is 0 Å². The van der Waals surface area contributed by atoms with Crippen molar-refractivity contribution >= 4 is 12.0 Å². The number of nitrogens with two attached hydrogens (primary N) is 1. The molecule has 144 valence electrons. The van der Waals surface area contributed by atoms with Crippen LogP contribution >= 0.6 is 0 Å². The lowest BCUT2D eigenvalue weighted by Gasteiger charge is -2.26. The molecule has 0 spiro atoms. The number of nitrogens with zero attached hydrogens (tertiary/aromatic N) is 3. The molecule has 3 rings (SSSR count). The van der Waals surface area contributed by atoms with Crippen LogP contribution in [-0.2, 0) is 11.3 Å². The van der Waals surface area contributed by atoms with Crippen LogP contribution < -0.4 is 16.6 Å². The zero-order valence-corrected chi connectivity index (χ0v) is 15.2. The molecule has 9 nitrogen and oxygen atoms in total. The molecule has 26 heavy (non-hydrogen) atoms. The number of anilines is 1. The molecular formula is C17H28N6O3. The van der Waals surface area contributed by atoms with E-state index in [0.717, 1.165) is 38.8 Å². The zero-order chi connectivity index (χ0) is 18.5. The first-order valence-electron chi connectivity index (χ1n) is 9.21. The fraction of sp³-hybridized carbons (Fsp3) is 0.706. The van der Waals surface area contributed by atoms with Gasteiger partial charge >= 0.3 is 6.03 Å². The van der Waals surface area contributed by atoms with Gasteiger partial charge in [0, 0.05) is 44.9 Å². The van der Waals surface area contributed by atoms with E-state index in [0.29, 0.717) is 25.3 Å². The van der Waals surface area contributed by atoms with Crippen LogP contribution in [0.4, 0.5) is 10.7 Å². The highest BCUT2D eigenvalue weighted by molar-refractivity contribution is 5.74. The van der Waals surface area contributed by atoms with Crippen molar-refractivity contribution in [2.75, 3.05) is 39.0 Å². The van der Waals surface area contributed by atoms with Gasteiger partial charge in [-0.15, -0.1) is 0 Å². The molecule has 2 saturated heterocycles. The predicted molar refractivity (Wildman–Crippen MR) is 97.7 cm³/mol. The summed E-state index contributed by atoms with van der Waals surface area (Å²) in [7, 11) is 1.97. The molecule has 2 fully saturated rings. The Hall–Kier alpha value is -2.13. The average Bonchev–Trinajstić information content (AvgIpc) is 3.10. The van der Waals surface area contributed by atoms with Crippen molar-refractivity contribution in [3.8, 4) is 0 Å². The third-order valence-corrected chi connectivity index (χ3v) is 5.05. The van der Waals surface area contributed by atoms with Gasteiger partial charge in [-0.1, -0.05) is 0 Å². The quantitative estimate of drug-likeness (QED) is 0.684. The highest BCUT2D eigenvalue weighted by Gasteiger charge is 2.29. The summed E-state index contributed by atoms with van der Waals surface area (Å²) in [5.41, 5.74) is 5.97. The number of likely N-dealkylation sites (tertiary alicyclic amines) is 1. The summed E-state index contributed by atoms with van der Waals surface area (Å²) in [6.07, 6.45) is 4.32. The number of aromatic nitrogens is 2. The summed E-state index contributed by atoms with van der Waals surface area (Å²) in [6, 6.07) is 1.65. The van der Waals surface area contributed by atoms with Gasteiger partial charge in [0.05, 0.1) is 11.8 Å². The molecule has 1 aromatic rings. The molecule has 2 amide bonds. The van der Waals surface area contributed by atoms with Crippen LogP contribution in [0.3, 0.4) is 0 Å². The van der Waals surface area contributed by atoms with Crippen molar-refractivity contribution in [3.05, 3.63) is 22.1 Å². The predicted octanol–water partition coefficient (Wildman–Crippen LogP) is 0.137. The van der Waals surface area contributed by atoms with Gasteiger partial charge in [0.15, 0.2) is 0 Å². The monoisotopic (exact) mass is 364 g/mol. The maximum atomic E-state index is 12.4. The summed E-state index contributed by atoms with van der Waals surface area (Å²) in [4.78, 5) is 34.4. The van der Waals surface area contributed by atoms with Crippen LogP contribution in [0.2, 0.25) is 0 Å². The molecular weight excluding hydrogens is 336 g/mol. The standard InChI is InChI=1S/C17H28N6O3/c1-22(10-12-8-15(24)21-16(18)20-12)13-5-6-23(11-13)17(25)19-9-14-4-2-3-7-26-14/h8,13-14H,2-7,9-11H2,1H3,(H,19,25)(H3,18,20,21,24). The van der Waals surface area contributed by atoms with Gasteiger partial charge in [-0.25, -0.2) is 9.78 Å². The van der Waals surface area contributed by atoms with E-state index in [9.17, 15) is 9.59 Å². The van der Waals surface area contributed by atoms with Crippen LogP contribution in [0, 0.1) is 0 Å². The molecule has 0 aliphatic carbocycles. The number of H-pyrrole nitrogens is 1. The van der Waals surface area contributed by atoms with Crippen molar-refractivity contribution in [3.63, 3.8) is 0 Å². The summed E-state index contributed by atoms with van der Waals surface area (Å²) < 4.78 is 5.65. The fourth-order valence-electron chi connectivity index (χ4n) is 3.56. The van der Waals surface area contributed by atoms with E-state index in [2.05, 4.69) is 20.2 Å². The third-order valence-electron chi connectivity index (χ3n) is 5.05. The first kappa shape index (κ1) is 18.7. The smallest absolute Gasteiger partial charge is 0.317 e. The molecule has 0 radical (unpaired) electrons. The lowest BCUT2D eigenvalue weighted by Crippen LogP contribution is -2.44. The maximum absolute atomic E-state index is 12.4. The molecule has 4 N–H and O–H groups in total. The Morgan fingerprint density at radius 3 is 3.08 bits per heavy atom. The SMILES string of the molecule is CN(Cc1cc(=O)[nH]c(N)n1)C1CCN(C(=O)NCC2CCCCO2)C1. The van der Waals surface area contributed by atoms with Gasteiger partial charge in [-0.2, -0.15) is 0 Å². The minimum absolute atomic E-state index is 0.0337. The lowest BCUT2D eigenvalue weighted by molar-refractivity contribution is 0.0178. The Kier molecular flexibility index (Phi) is 6.10. The van der Waals surface area contributed by atoms with E-state index >= 15 is 0 Å². The Balaban J connectivity index is 1.46. The van der Waals surface area contributed by atoms with Crippen molar-refractivity contribution in [2.24, 2.45) is 0 Å². The summed E-state index contributed by atoms with van der Waals surface area (Å²) in [5, 5.41) is 2.99. The van der Waals surface area contributed by atoms with Crippen LogP contribution in [0.5, 0.6) is 0 Å². The van der Waals surface area contributed by atoms with Crippen LogP contribution in [0.1, 0.15) is 31.4 Å². The number of hydrogen-bond acceptors (Lipinski definition) is 6. The van der Waals surface area contributed by atoms with Gasteiger partial charge in [0.25, 0.3) is 5.56 Å². The topological polar surface area (TPSA) is 117 Å². The third kappa shape index (κ3) is 4.95. The van der Waals surface area contributed by atoms with Crippen LogP contribution in [-0.4, -0.2) is 71.2 Å². The second-order valence-electron chi connectivity index (χ2n) is 7.10. The number of nitrogen functional groups attached to an aromatic ring is 1. The number of nitrogens with one attached hydrogen (secondary N) is 2. The molecule has 1 aromatic heterocycles. The minimum atomic E-state index is -0.252. The molecule has 2 aliphatic rings. The second-order valence-corrected chi connectivity index (χ2v) is 7.10. The normalized spacial score (nSPS) is 23.4. The van der Waals surface area contributed by atoms with Gasteiger partial charge in [0.2, 0.25) is 5.95 Å². The number of hydrogen-bond donors (Lipinski definition) is 3. The molecule has 2 atom stereocenters. The molecule has 2 aliphatic heterocycles. The van der Waals surface area contributed by atoms with Crippen molar-refractivity contribution < 1.29 is 9.53 Å². The van der Waals surface area contributed by atoms with E-state index in [1.54, 1.807) is 0 Å². The molecule has 9 heteroatoms. The Bertz CT molecular complexity index is 673. The number of ether oxygens (including phenoxy) is 1. The first-order chi connectivity index (χ1) is 12.5. The summed E-state index contributed by atoms with van der Waals surface area (Å²) in [6.45, 7) is 3.26. The first-order valence-corrected chi connectivity index (χ1v) is 9.21. The summed E-state index contributed by atoms with van der Waals surface area (Å²) in [5.74, 6) is 0.123. The molecule has 0 saturated carbocycles. The average molecular weight is 364 g/mol. The molecule has 3 heterocycles. The Morgan fingerprint density at radius 1 is 1.50 bits per heavy atom. The fourth-order valence-corrected chi connectivity index (χ4v) is 3.56. The van der Waals surface area contributed by atoms with E-state index in [1.807, 2.05) is 11.9 Å². The molecule has 2 unspecified atom stereocenters. The zero-order valence-electron chi connectivity index (χ0n) is 15.2. The highest BCUT2D eigenvalue weighted by Crippen LogP contribution is 2.17. The number of rotatable bonds is 5. The lowest BCUT2D eigenvalue weighted by atomic mass is 10.1. The van der Waals surface area contributed by atoms with Gasteiger partial charge < -0.3 is 20.7 Å². The number of carbonyl (C=O) groups is 1. The van der Waals surface area contributed by atoms with E-state index in [-0.39, 0.29) is 29.7 Å². The van der Waals surface area contributed by atoms with Gasteiger partial charge in [0.1, 0.15) is 0 Å². The van der Waals surface area contributed by atoms with Crippen molar-refractivity contribution in [2.45, 2.75) is 44.4 Å². The minimum Gasteiger partial charge on any atom is -0.376 e. The van der Waals surface area contributed by atoms with Crippen molar-refractivity contribution in [1.29, 1.82) is 0 Å². The van der Waals surface area contributed by atoms with E-state index in [1.165, 1.54) is 6.07 Å². The number of amides is 2. The van der Waals surface area contributed by atoms with Gasteiger partial charge in [-0.3, -0.25) is 14.7 Å². The Labute approximate surface area is 152 Å². The molecule has 0 bridgehead atoms. The molecule has 0 aromatic carbocycles.